The number of nitrogens with one attached hydrogen (secondary N) is 1. The minimum absolute atomic E-state index is 0.197. The Morgan fingerprint density at radius 3 is 2.58 bits per heavy atom. The van der Waals surface area contributed by atoms with Gasteiger partial charge in [-0.1, -0.05) is 74.7 Å². The summed E-state index contributed by atoms with van der Waals surface area (Å²) >= 11 is 1.07. The molecule has 0 radical (unpaired) electrons. The topological polar surface area (TPSA) is 58.6 Å². The van der Waals surface area contributed by atoms with Crippen molar-refractivity contribution >= 4 is 28.6 Å². The van der Waals surface area contributed by atoms with Crippen LogP contribution in [0.25, 0.3) is 0 Å². The van der Waals surface area contributed by atoms with E-state index >= 15 is 0 Å². The molecule has 2 atom stereocenters. The van der Waals surface area contributed by atoms with Crippen LogP contribution in [0.1, 0.15) is 56.6 Å². The Balaban J connectivity index is 1.33. The molecule has 0 spiro atoms. The number of nitrogens with zero attached hydrogens (tertiary/aromatic N) is 1. The number of hydrogen-bond acceptors (Lipinski definition) is 5. The summed E-state index contributed by atoms with van der Waals surface area (Å²) in [6, 6.07) is 17.1. The maximum Gasteiger partial charge on any atom is 0.286 e. The number of fused-ring (bicyclic) bond motifs is 1. The second-order valence-corrected chi connectivity index (χ2v) is 10.1. The van der Waals surface area contributed by atoms with Crippen molar-refractivity contribution in [3.8, 4) is 5.75 Å². The summed E-state index contributed by atoms with van der Waals surface area (Å²) in [5.41, 5.74) is 3.84. The van der Waals surface area contributed by atoms with Gasteiger partial charge < -0.3 is 9.64 Å². The molecule has 2 aliphatic rings. The number of aryl methyl sites for hydroxylation is 1. The monoisotopic (exact) mass is 466 g/mol. The van der Waals surface area contributed by atoms with Crippen LogP contribution < -0.4 is 15.0 Å². The van der Waals surface area contributed by atoms with E-state index in [1.807, 2.05) is 24.3 Å². The van der Waals surface area contributed by atoms with Gasteiger partial charge in [0.25, 0.3) is 5.24 Å². The second-order valence-electron chi connectivity index (χ2n) is 8.97. The molecule has 1 saturated heterocycles. The van der Waals surface area contributed by atoms with E-state index in [4.69, 9.17) is 4.74 Å². The summed E-state index contributed by atoms with van der Waals surface area (Å²) in [4.78, 5) is 25.7. The van der Waals surface area contributed by atoms with Crippen molar-refractivity contribution in [2.45, 2.75) is 69.6 Å². The molecule has 0 bridgehead atoms. The number of hydrogen-bond donors (Lipinski definition) is 1. The molecule has 2 heterocycles. The average molecular weight is 467 g/mol. The number of unbranched alkanes of at least 4 members (excludes halogenated alkanes) is 4. The largest absolute Gasteiger partial charge is 0.491 e. The van der Waals surface area contributed by atoms with Gasteiger partial charge >= 0.3 is 0 Å². The molecular formula is C27H34N2O3S. The fourth-order valence-corrected chi connectivity index (χ4v) is 5.55. The minimum atomic E-state index is -0.336. The molecule has 2 amide bonds. The lowest BCUT2D eigenvalue weighted by atomic mass is 9.95. The summed E-state index contributed by atoms with van der Waals surface area (Å²) in [6.07, 6.45) is 9.15. The zero-order valence-electron chi connectivity index (χ0n) is 19.4. The maximum absolute atomic E-state index is 11.8. The van der Waals surface area contributed by atoms with Gasteiger partial charge in [-0.2, -0.15) is 0 Å². The molecule has 4 rings (SSSR count). The molecule has 2 unspecified atom stereocenters. The highest BCUT2D eigenvalue weighted by atomic mass is 32.2. The lowest BCUT2D eigenvalue weighted by Crippen LogP contribution is -2.43. The first-order chi connectivity index (χ1) is 16.1. The van der Waals surface area contributed by atoms with Gasteiger partial charge in [-0.3, -0.25) is 14.9 Å². The van der Waals surface area contributed by atoms with Crippen LogP contribution in [-0.4, -0.2) is 35.6 Å². The highest BCUT2D eigenvalue weighted by Crippen LogP contribution is 2.31. The summed E-state index contributed by atoms with van der Waals surface area (Å²) < 4.78 is 6.22. The zero-order valence-corrected chi connectivity index (χ0v) is 20.2. The van der Waals surface area contributed by atoms with Gasteiger partial charge in [-0.05, 0) is 55.0 Å². The Bertz CT molecular complexity index is 947. The standard InChI is InChI=1S/C27H34N2O3S/c1-2-3-4-5-8-17-29-22(14-13-21-9-6-7-10-24(21)29)19-32-23-15-11-20(12-16-23)18-25-26(30)28-27(31)33-25/h6-7,9-12,15-16,22,25H,2-5,8,13-14,17-19H2,1H3,(H,28,30,31). The van der Waals surface area contributed by atoms with E-state index in [1.54, 1.807) is 0 Å². The molecule has 33 heavy (non-hydrogen) atoms. The Labute approximate surface area is 201 Å². The van der Waals surface area contributed by atoms with Crippen LogP contribution in [0.5, 0.6) is 5.75 Å². The number of para-hydroxylation sites is 1. The molecule has 2 aromatic carbocycles. The van der Waals surface area contributed by atoms with Crippen molar-refractivity contribution in [2.75, 3.05) is 18.1 Å². The van der Waals surface area contributed by atoms with Gasteiger partial charge in [-0.15, -0.1) is 0 Å². The van der Waals surface area contributed by atoms with Crippen molar-refractivity contribution in [2.24, 2.45) is 0 Å². The summed E-state index contributed by atoms with van der Waals surface area (Å²) in [5.74, 6) is 0.651. The highest BCUT2D eigenvalue weighted by molar-refractivity contribution is 8.15. The molecule has 1 N–H and O–H groups in total. The lowest BCUT2D eigenvalue weighted by Gasteiger charge is -2.39. The Hall–Kier alpha value is -2.47. The van der Waals surface area contributed by atoms with Crippen LogP contribution >= 0.6 is 11.8 Å². The van der Waals surface area contributed by atoms with Gasteiger partial charge in [0.2, 0.25) is 5.91 Å². The normalized spacial score (nSPS) is 20.0. The highest BCUT2D eigenvalue weighted by Gasteiger charge is 2.31. The zero-order chi connectivity index (χ0) is 23.0. The van der Waals surface area contributed by atoms with Gasteiger partial charge in [0.15, 0.2) is 0 Å². The van der Waals surface area contributed by atoms with Crippen molar-refractivity contribution in [1.82, 2.24) is 5.32 Å². The van der Waals surface area contributed by atoms with Gasteiger partial charge in [-0.25, -0.2) is 0 Å². The third kappa shape index (κ3) is 6.32. The van der Waals surface area contributed by atoms with Gasteiger partial charge in [0, 0.05) is 12.2 Å². The number of amides is 2. The molecule has 5 nitrogen and oxygen atoms in total. The molecule has 176 valence electrons. The molecule has 2 aromatic rings. The summed E-state index contributed by atoms with van der Waals surface area (Å²) in [6.45, 7) is 4.00. The lowest BCUT2D eigenvalue weighted by molar-refractivity contribution is -0.118. The second kappa shape index (κ2) is 11.6. The number of rotatable bonds is 11. The van der Waals surface area contributed by atoms with E-state index in [-0.39, 0.29) is 16.4 Å². The van der Waals surface area contributed by atoms with Crippen molar-refractivity contribution in [3.63, 3.8) is 0 Å². The van der Waals surface area contributed by atoms with E-state index in [9.17, 15) is 9.59 Å². The van der Waals surface area contributed by atoms with E-state index in [1.165, 1.54) is 43.4 Å². The van der Waals surface area contributed by atoms with E-state index < -0.39 is 0 Å². The van der Waals surface area contributed by atoms with Crippen LogP contribution in [0.15, 0.2) is 48.5 Å². The molecule has 0 aliphatic carbocycles. The Morgan fingerprint density at radius 1 is 1.03 bits per heavy atom. The predicted octanol–water partition coefficient (Wildman–Crippen LogP) is 5.75. The van der Waals surface area contributed by atoms with Crippen molar-refractivity contribution in [1.29, 1.82) is 0 Å². The smallest absolute Gasteiger partial charge is 0.286 e. The van der Waals surface area contributed by atoms with Crippen LogP contribution in [-0.2, 0) is 17.6 Å². The van der Waals surface area contributed by atoms with E-state index in [0.717, 1.165) is 42.5 Å². The molecule has 0 aromatic heterocycles. The number of imide groups is 1. The molecule has 2 aliphatic heterocycles. The average Bonchev–Trinajstić information content (AvgIpc) is 3.15. The fraction of sp³-hybridized carbons (Fsp3) is 0.481. The van der Waals surface area contributed by atoms with Crippen LogP contribution in [0.2, 0.25) is 0 Å². The quantitative estimate of drug-likeness (QED) is 0.427. The maximum atomic E-state index is 11.8. The minimum Gasteiger partial charge on any atom is -0.491 e. The Morgan fingerprint density at radius 2 is 1.82 bits per heavy atom. The van der Waals surface area contributed by atoms with Crippen molar-refractivity contribution in [3.05, 3.63) is 59.7 Å². The molecule has 1 fully saturated rings. The van der Waals surface area contributed by atoms with E-state index in [0.29, 0.717) is 19.1 Å². The first-order valence-corrected chi connectivity index (χ1v) is 13.1. The Kier molecular flexibility index (Phi) is 8.32. The third-order valence-corrected chi connectivity index (χ3v) is 7.53. The number of benzene rings is 2. The number of anilines is 1. The molecular weight excluding hydrogens is 432 g/mol. The molecule has 6 heteroatoms. The number of thioether (sulfide) groups is 1. The summed E-state index contributed by atoms with van der Waals surface area (Å²) in [5, 5.41) is 1.76. The third-order valence-electron chi connectivity index (χ3n) is 6.55. The van der Waals surface area contributed by atoms with Gasteiger partial charge in [0.05, 0.1) is 11.3 Å². The van der Waals surface area contributed by atoms with E-state index in [2.05, 4.69) is 41.4 Å². The number of ether oxygens (including phenoxy) is 1. The van der Waals surface area contributed by atoms with Crippen LogP contribution in [0.3, 0.4) is 0 Å². The molecule has 0 saturated carbocycles. The van der Waals surface area contributed by atoms with Crippen LogP contribution in [0.4, 0.5) is 10.5 Å². The first-order valence-electron chi connectivity index (χ1n) is 12.2. The summed E-state index contributed by atoms with van der Waals surface area (Å²) in [7, 11) is 0. The first kappa shape index (κ1) is 23.7. The van der Waals surface area contributed by atoms with Gasteiger partial charge in [0.1, 0.15) is 12.4 Å². The number of carbonyl (C=O) groups is 2. The number of carbonyl (C=O) groups excluding carboxylic acids is 2. The SMILES string of the molecule is CCCCCCCN1c2ccccc2CCC1COc1ccc(CC2SC(=O)NC2=O)cc1. The predicted molar refractivity (Wildman–Crippen MR) is 135 cm³/mol. The van der Waals surface area contributed by atoms with Crippen molar-refractivity contribution < 1.29 is 14.3 Å². The fourth-order valence-electron chi connectivity index (χ4n) is 4.70. The van der Waals surface area contributed by atoms with Crippen LogP contribution in [0, 0.1) is 0 Å².